The van der Waals surface area contributed by atoms with E-state index in [1.807, 2.05) is 7.05 Å². The molecule has 0 bridgehead atoms. The van der Waals surface area contributed by atoms with Gasteiger partial charge in [-0.2, -0.15) is 0 Å². The quantitative estimate of drug-likeness (QED) is 0.919. The Kier molecular flexibility index (Phi) is 5.06. The standard InChI is InChI=1S/C15H22FN3O/c1-3-17-12-5-7-13(8-6-12)19(2)15(20)14-9-4-11(16)10-18-14/h4,9-10,12-13,17H,3,5-8H2,1-2H3. The van der Waals surface area contributed by atoms with Gasteiger partial charge >= 0.3 is 0 Å². The molecule has 1 aromatic heterocycles. The normalized spacial score (nSPS) is 22.6. The first-order valence-electron chi connectivity index (χ1n) is 7.24. The van der Waals surface area contributed by atoms with E-state index in [2.05, 4.69) is 17.2 Å². The minimum absolute atomic E-state index is 0.128. The lowest BCUT2D eigenvalue weighted by Gasteiger charge is -2.34. The molecule has 1 heterocycles. The maximum Gasteiger partial charge on any atom is 0.272 e. The van der Waals surface area contributed by atoms with Gasteiger partial charge in [-0.25, -0.2) is 9.37 Å². The average molecular weight is 279 g/mol. The van der Waals surface area contributed by atoms with Crippen LogP contribution in [0.2, 0.25) is 0 Å². The molecule has 2 rings (SSSR count). The van der Waals surface area contributed by atoms with Crippen molar-refractivity contribution >= 4 is 5.91 Å². The molecular weight excluding hydrogens is 257 g/mol. The summed E-state index contributed by atoms with van der Waals surface area (Å²) in [4.78, 5) is 17.9. The smallest absolute Gasteiger partial charge is 0.272 e. The SMILES string of the molecule is CCNC1CCC(N(C)C(=O)c2ccc(F)cn2)CC1. The second kappa shape index (κ2) is 6.79. The van der Waals surface area contributed by atoms with Crippen molar-refractivity contribution in [2.45, 2.75) is 44.7 Å². The molecule has 0 radical (unpaired) electrons. The van der Waals surface area contributed by atoms with Crippen LogP contribution in [-0.2, 0) is 0 Å². The van der Waals surface area contributed by atoms with Gasteiger partial charge in [0.05, 0.1) is 6.20 Å². The summed E-state index contributed by atoms with van der Waals surface area (Å²) in [6, 6.07) is 3.54. The van der Waals surface area contributed by atoms with E-state index in [1.54, 1.807) is 4.90 Å². The molecule has 110 valence electrons. The Bertz CT molecular complexity index is 441. The van der Waals surface area contributed by atoms with E-state index in [0.717, 1.165) is 38.4 Å². The van der Waals surface area contributed by atoms with E-state index in [-0.39, 0.29) is 11.9 Å². The van der Waals surface area contributed by atoms with E-state index in [0.29, 0.717) is 11.7 Å². The maximum atomic E-state index is 12.8. The third-order valence-electron chi connectivity index (χ3n) is 4.00. The lowest BCUT2D eigenvalue weighted by atomic mass is 9.90. The zero-order valence-corrected chi connectivity index (χ0v) is 12.1. The molecule has 1 aliphatic rings. The number of nitrogens with one attached hydrogen (secondary N) is 1. The molecule has 1 N–H and O–H groups in total. The van der Waals surface area contributed by atoms with Gasteiger partial charge in [0, 0.05) is 19.1 Å². The highest BCUT2D eigenvalue weighted by molar-refractivity contribution is 5.92. The fourth-order valence-electron chi connectivity index (χ4n) is 2.80. The van der Waals surface area contributed by atoms with Gasteiger partial charge in [0.15, 0.2) is 0 Å². The predicted octanol–water partition coefficient (Wildman–Crippen LogP) is 2.21. The molecule has 1 aromatic rings. The zero-order valence-electron chi connectivity index (χ0n) is 12.1. The number of pyridine rings is 1. The molecule has 0 spiro atoms. The van der Waals surface area contributed by atoms with Crippen molar-refractivity contribution in [2.75, 3.05) is 13.6 Å². The summed E-state index contributed by atoms with van der Waals surface area (Å²) in [5, 5.41) is 3.45. The summed E-state index contributed by atoms with van der Waals surface area (Å²) in [6.07, 6.45) is 5.27. The van der Waals surface area contributed by atoms with Crippen molar-refractivity contribution in [3.8, 4) is 0 Å². The van der Waals surface area contributed by atoms with E-state index in [9.17, 15) is 9.18 Å². The number of hydrogen-bond donors (Lipinski definition) is 1. The number of halogens is 1. The van der Waals surface area contributed by atoms with Crippen LogP contribution in [-0.4, -0.2) is 41.5 Å². The summed E-state index contributed by atoms with van der Waals surface area (Å²) in [7, 11) is 1.81. The second-order valence-electron chi connectivity index (χ2n) is 5.34. The lowest BCUT2D eigenvalue weighted by Crippen LogP contribution is -2.43. The first-order valence-corrected chi connectivity index (χ1v) is 7.24. The molecule has 0 atom stereocenters. The zero-order chi connectivity index (χ0) is 14.5. The minimum Gasteiger partial charge on any atom is -0.337 e. The molecule has 0 aliphatic heterocycles. The van der Waals surface area contributed by atoms with Crippen LogP contribution in [0.3, 0.4) is 0 Å². The van der Waals surface area contributed by atoms with Crippen molar-refractivity contribution in [1.82, 2.24) is 15.2 Å². The predicted molar refractivity (Wildman–Crippen MR) is 76.0 cm³/mol. The topological polar surface area (TPSA) is 45.2 Å². The van der Waals surface area contributed by atoms with Crippen LogP contribution in [0.15, 0.2) is 18.3 Å². The van der Waals surface area contributed by atoms with Gasteiger partial charge in [0.1, 0.15) is 11.5 Å². The van der Waals surface area contributed by atoms with E-state index < -0.39 is 5.82 Å². The first kappa shape index (κ1) is 14.9. The van der Waals surface area contributed by atoms with Crippen molar-refractivity contribution in [3.05, 3.63) is 29.8 Å². The van der Waals surface area contributed by atoms with Crippen LogP contribution < -0.4 is 5.32 Å². The van der Waals surface area contributed by atoms with Crippen LogP contribution >= 0.6 is 0 Å². The average Bonchev–Trinajstić information content (AvgIpc) is 2.48. The number of nitrogens with zero attached hydrogens (tertiary/aromatic N) is 2. The summed E-state index contributed by atoms with van der Waals surface area (Å²) < 4.78 is 12.8. The van der Waals surface area contributed by atoms with Gasteiger partial charge < -0.3 is 10.2 Å². The number of carbonyl (C=O) groups excluding carboxylic acids is 1. The molecule has 1 aliphatic carbocycles. The van der Waals surface area contributed by atoms with Gasteiger partial charge in [-0.1, -0.05) is 6.92 Å². The third kappa shape index (κ3) is 3.54. The highest BCUT2D eigenvalue weighted by Gasteiger charge is 2.27. The van der Waals surface area contributed by atoms with E-state index in [1.165, 1.54) is 12.1 Å². The van der Waals surface area contributed by atoms with Crippen LogP contribution in [0.5, 0.6) is 0 Å². The fourth-order valence-corrected chi connectivity index (χ4v) is 2.80. The van der Waals surface area contributed by atoms with Gasteiger partial charge in [-0.05, 0) is 44.4 Å². The van der Waals surface area contributed by atoms with Crippen molar-refractivity contribution in [3.63, 3.8) is 0 Å². The monoisotopic (exact) mass is 279 g/mol. The minimum atomic E-state index is -0.421. The Hall–Kier alpha value is -1.49. The van der Waals surface area contributed by atoms with Crippen LogP contribution in [0, 0.1) is 5.82 Å². The fraction of sp³-hybridized carbons (Fsp3) is 0.600. The van der Waals surface area contributed by atoms with Gasteiger partial charge in [0.25, 0.3) is 5.91 Å². The third-order valence-corrected chi connectivity index (χ3v) is 4.00. The Morgan fingerprint density at radius 2 is 2.10 bits per heavy atom. The number of hydrogen-bond acceptors (Lipinski definition) is 3. The molecule has 1 fully saturated rings. The second-order valence-corrected chi connectivity index (χ2v) is 5.34. The van der Waals surface area contributed by atoms with Gasteiger partial charge in [0.2, 0.25) is 0 Å². The van der Waals surface area contributed by atoms with E-state index in [4.69, 9.17) is 0 Å². The lowest BCUT2D eigenvalue weighted by molar-refractivity contribution is 0.0678. The Balaban J connectivity index is 1.93. The molecule has 0 saturated heterocycles. The highest BCUT2D eigenvalue weighted by atomic mass is 19.1. The Morgan fingerprint density at radius 3 is 2.65 bits per heavy atom. The molecular formula is C15H22FN3O. The number of carbonyl (C=O) groups is 1. The summed E-state index contributed by atoms with van der Waals surface area (Å²) in [5.74, 6) is -0.549. The molecule has 5 heteroatoms. The van der Waals surface area contributed by atoms with Gasteiger partial charge in [-0.15, -0.1) is 0 Å². The van der Waals surface area contributed by atoms with Crippen molar-refractivity contribution in [2.24, 2.45) is 0 Å². The van der Waals surface area contributed by atoms with Crippen LogP contribution in [0.1, 0.15) is 43.1 Å². The first-order chi connectivity index (χ1) is 9.61. The molecule has 0 aromatic carbocycles. The number of rotatable bonds is 4. The van der Waals surface area contributed by atoms with Crippen LogP contribution in [0.25, 0.3) is 0 Å². The van der Waals surface area contributed by atoms with Crippen molar-refractivity contribution in [1.29, 1.82) is 0 Å². The Morgan fingerprint density at radius 1 is 1.40 bits per heavy atom. The summed E-state index contributed by atoms with van der Waals surface area (Å²) in [5.41, 5.74) is 0.308. The summed E-state index contributed by atoms with van der Waals surface area (Å²) >= 11 is 0. The molecule has 20 heavy (non-hydrogen) atoms. The highest BCUT2D eigenvalue weighted by Crippen LogP contribution is 2.23. The maximum absolute atomic E-state index is 12.8. The van der Waals surface area contributed by atoms with Gasteiger partial charge in [-0.3, -0.25) is 4.79 Å². The number of amides is 1. The van der Waals surface area contributed by atoms with E-state index >= 15 is 0 Å². The summed E-state index contributed by atoms with van der Waals surface area (Å²) in [6.45, 7) is 3.10. The number of aromatic nitrogens is 1. The molecule has 1 saturated carbocycles. The molecule has 0 unspecified atom stereocenters. The van der Waals surface area contributed by atoms with Crippen molar-refractivity contribution < 1.29 is 9.18 Å². The molecule has 1 amide bonds. The Labute approximate surface area is 119 Å². The largest absolute Gasteiger partial charge is 0.337 e. The van der Waals surface area contributed by atoms with Crippen LogP contribution in [0.4, 0.5) is 4.39 Å². The molecule has 4 nitrogen and oxygen atoms in total.